The second kappa shape index (κ2) is 7.89. The van der Waals surface area contributed by atoms with Crippen molar-refractivity contribution in [2.24, 2.45) is 0 Å². The summed E-state index contributed by atoms with van der Waals surface area (Å²) in [5, 5.41) is 20.0. The van der Waals surface area contributed by atoms with E-state index in [0.717, 1.165) is 5.56 Å². The third-order valence-corrected chi connectivity index (χ3v) is 6.21. The highest BCUT2D eigenvalue weighted by Crippen LogP contribution is 2.27. The molecule has 0 aliphatic heterocycles. The Morgan fingerprint density at radius 1 is 1.33 bits per heavy atom. The van der Waals surface area contributed by atoms with Gasteiger partial charge in [0.2, 0.25) is 17.6 Å². The van der Waals surface area contributed by atoms with Gasteiger partial charge in [-0.2, -0.15) is 16.3 Å². The number of hydrogen-bond donors (Lipinski definition) is 2. The number of aromatic nitrogens is 2. The lowest BCUT2D eigenvalue weighted by atomic mass is 10.2. The molecule has 2 aromatic heterocycles. The van der Waals surface area contributed by atoms with Crippen LogP contribution in [0.25, 0.3) is 11.4 Å². The standard InChI is InChI=1S/C17H17N3O5S2/c1-2-27(23,24)12-3-4-14(21)13(9-12)18-15(22)5-6-16-19-17(20-25-16)11-7-8-26-10-11/h3-4,7-10,21H,2,5-6H2,1H3,(H,18,22). The van der Waals surface area contributed by atoms with Crippen LogP contribution in [-0.2, 0) is 21.1 Å². The van der Waals surface area contributed by atoms with Gasteiger partial charge in [0.05, 0.1) is 16.3 Å². The molecule has 0 radical (unpaired) electrons. The van der Waals surface area contributed by atoms with Crippen LogP contribution < -0.4 is 5.32 Å². The van der Waals surface area contributed by atoms with E-state index in [4.69, 9.17) is 4.52 Å². The highest BCUT2D eigenvalue weighted by atomic mass is 32.2. The van der Waals surface area contributed by atoms with E-state index >= 15 is 0 Å². The van der Waals surface area contributed by atoms with Crippen LogP contribution in [0.15, 0.2) is 44.4 Å². The minimum atomic E-state index is -3.44. The maximum Gasteiger partial charge on any atom is 0.227 e. The van der Waals surface area contributed by atoms with Crippen molar-refractivity contribution in [3.05, 3.63) is 40.9 Å². The molecule has 0 unspecified atom stereocenters. The Morgan fingerprint density at radius 3 is 2.85 bits per heavy atom. The molecule has 0 aliphatic rings. The monoisotopic (exact) mass is 407 g/mol. The summed E-state index contributed by atoms with van der Waals surface area (Å²) in [6, 6.07) is 5.65. The average molecular weight is 407 g/mol. The van der Waals surface area contributed by atoms with Crippen LogP contribution in [0.1, 0.15) is 19.2 Å². The molecule has 0 aliphatic carbocycles. The van der Waals surface area contributed by atoms with Crippen molar-refractivity contribution >= 4 is 32.8 Å². The quantitative estimate of drug-likeness (QED) is 0.577. The Morgan fingerprint density at radius 2 is 2.15 bits per heavy atom. The fraction of sp³-hybridized carbons (Fsp3) is 0.235. The number of thiophene rings is 1. The predicted octanol–water partition coefficient (Wildman–Crippen LogP) is 2.87. The van der Waals surface area contributed by atoms with Gasteiger partial charge < -0.3 is 14.9 Å². The van der Waals surface area contributed by atoms with Gasteiger partial charge in [-0.15, -0.1) is 0 Å². The summed E-state index contributed by atoms with van der Waals surface area (Å²) in [5.41, 5.74) is 0.886. The van der Waals surface area contributed by atoms with Crippen LogP contribution in [0.3, 0.4) is 0 Å². The van der Waals surface area contributed by atoms with Crippen molar-refractivity contribution in [2.45, 2.75) is 24.7 Å². The van der Waals surface area contributed by atoms with Crippen LogP contribution in [0.5, 0.6) is 5.75 Å². The van der Waals surface area contributed by atoms with Gasteiger partial charge in [0, 0.05) is 23.8 Å². The number of aryl methyl sites for hydroxylation is 1. The molecule has 3 rings (SSSR count). The van der Waals surface area contributed by atoms with Gasteiger partial charge in [0.15, 0.2) is 9.84 Å². The van der Waals surface area contributed by atoms with Gasteiger partial charge in [0.25, 0.3) is 0 Å². The van der Waals surface area contributed by atoms with E-state index in [0.29, 0.717) is 11.7 Å². The molecule has 0 fully saturated rings. The number of nitrogens with zero attached hydrogens (tertiary/aromatic N) is 2. The molecular formula is C17H17N3O5S2. The van der Waals surface area contributed by atoms with Crippen LogP contribution in [0, 0.1) is 0 Å². The van der Waals surface area contributed by atoms with Crippen LogP contribution in [0.4, 0.5) is 5.69 Å². The van der Waals surface area contributed by atoms with E-state index in [2.05, 4.69) is 15.5 Å². The third-order valence-electron chi connectivity index (χ3n) is 3.79. The van der Waals surface area contributed by atoms with Gasteiger partial charge in [-0.1, -0.05) is 12.1 Å². The van der Waals surface area contributed by atoms with Gasteiger partial charge in [-0.05, 0) is 29.6 Å². The van der Waals surface area contributed by atoms with Gasteiger partial charge in [-0.25, -0.2) is 8.42 Å². The lowest BCUT2D eigenvalue weighted by Gasteiger charge is -2.09. The van der Waals surface area contributed by atoms with E-state index in [1.165, 1.54) is 36.5 Å². The topological polar surface area (TPSA) is 122 Å². The lowest BCUT2D eigenvalue weighted by Crippen LogP contribution is -2.13. The average Bonchev–Trinajstić information content (AvgIpc) is 3.33. The fourth-order valence-electron chi connectivity index (χ4n) is 2.27. The molecule has 142 valence electrons. The minimum Gasteiger partial charge on any atom is -0.506 e. The van der Waals surface area contributed by atoms with Crippen molar-refractivity contribution in [3.63, 3.8) is 0 Å². The second-order valence-electron chi connectivity index (χ2n) is 5.65. The number of carbonyl (C=O) groups excluding carboxylic acids is 1. The highest BCUT2D eigenvalue weighted by Gasteiger charge is 2.16. The number of rotatable bonds is 7. The minimum absolute atomic E-state index is 0.0372. The number of nitrogens with one attached hydrogen (secondary N) is 1. The van der Waals surface area contributed by atoms with Crippen LogP contribution >= 0.6 is 11.3 Å². The molecule has 0 atom stereocenters. The van der Waals surface area contributed by atoms with Crippen molar-refractivity contribution in [1.29, 1.82) is 0 Å². The first-order valence-electron chi connectivity index (χ1n) is 8.10. The normalized spacial score (nSPS) is 11.4. The number of phenolic OH excluding ortho intramolecular Hbond substituents is 1. The molecule has 27 heavy (non-hydrogen) atoms. The summed E-state index contributed by atoms with van der Waals surface area (Å²) in [4.78, 5) is 16.4. The van der Waals surface area contributed by atoms with Crippen molar-refractivity contribution in [1.82, 2.24) is 10.1 Å². The molecular weight excluding hydrogens is 390 g/mol. The Labute approximate surface area is 159 Å². The Hall–Kier alpha value is -2.72. The lowest BCUT2D eigenvalue weighted by molar-refractivity contribution is -0.116. The molecule has 0 bridgehead atoms. The number of sulfone groups is 1. The molecule has 1 aromatic carbocycles. The number of anilines is 1. The van der Waals surface area contributed by atoms with Crippen molar-refractivity contribution in [3.8, 4) is 17.1 Å². The van der Waals surface area contributed by atoms with Gasteiger partial charge in [0.1, 0.15) is 5.75 Å². The highest BCUT2D eigenvalue weighted by molar-refractivity contribution is 7.91. The van der Waals surface area contributed by atoms with Crippen molar-refractivity contribution in [2.75, 3.05) is 11.1 Å². The number of aromatic hydroxyl groups is 1. The molecule has 10 heteroatoms. The molecule has 8 nitrogen and oxygen atoms in total. The summed E-state index contributed by atoms with van der Waals surface area (Å²) >= 11 is 1.52. The number of carbonyl (C=O) groups is 1. The maximum atomic E-state index is 12.1. The van der Waals surface area contributed by atoms with E-state index in [-0.39, 0.29) is 34.9 Å². The molecule has 0 saturated carbocycles. The first-order chi connectivity index (χ1) is 12.9. The van der Waals surface area contributed by atoms with E-state index in [1.54, 1.807) is 0 Å². The number of benzene rings is 1. The summed E-state index contributed by atoms with van der Waals surface area (Å²) in [7, 11) is -3.44. The van der Waals surface area contributed by atoms with E-state index in [1.807, 2.05) is 16.8 Å². The molecule has 1 amide bonds. The smallest absolute Gasteiger partial charge is 0.227 e. The van der Waals surface area contributed by atoms with Crippen molar-refractivity contribution < 1.29 is 22.8 Å². The molecule has 0 saturated heterocycles. The van der Waals surface area contributed by atoms with E-state index < -0.39 is 15.7 Å². The third kappa shape index (κ3) is 4.52. The number of phenols is 1. The summed E-state index contributed by atoms with van der Waals surface area (Å²) in [5.74, 6) is 0.0802. The molecule has 3 aromatic rings. The fourth-order valence-corrected chi connectivity index (χ4v) is 3.81. The predicted molar refractivity (Wildman–Crippen MR) is 100 cm³/mol. The zero-order valence-corrected chi connectivity index (χ0v) is 16.0. The van der Waals surface area contributed by atoms with Crippen LogP contribution in [-0.4, -0.2) is 35.3 Å². The first-order valence-corrected chi connectivity index (χ1v) is 10.7. The summed E-state index contributed by atoms with van der Waals surface area (Å²) < 4.78 is 29.0. The van der Waals surface area contributed by atoms with Gasteiger partial charge in [-0.3, -0.25) is 4.79 Å². The Bertz CT molecular complexity index is 1040. The SMILES string of the molecule is CCS(=O)(=O)c1ccc(O)c(NC(=O)CCc2nc(-c3ccsc3)no2)c1. The molecule has 2 heterocycles. The maximum absolute atomic E-state index is 12.1. The number of amides is 1. The Balaban J connectivity index is 1.64. The largest absolute Gasteiger partial charge is 0.506 e. The van der Waals surface area contributed by atoms with Crippen LogP contribution in [0.2, 0.25) is 0 Å². The Kier molecular flexibility index (Phi) is 5.57. The van der Waals surface area contributed by atoms with Gasteiger partial charge >= 0.3 is 0 Å². The zero-order chi connectivity index (χ0) is 19.4. The molecule has 0 spiro atoms. The molecule has 2 N–H and O–H groups in total. The summed E-state index contributed by atoms with van der Waals surface area (Å²) in [6.07, 6.45) is 0.256. The number of hydrogen-bond acceptors (Lipinski definition) is 8. The first kappa shape index (κ1) is 19.1. The zero-order valence-electron chi connectivity index (χ0n) is 14.4. The second-order valence-corrected chi connectivity index (χ2v) is 8.71. The van der Waals surface area contributed by atoms with E-state index in [9.17, 15) is 18.3 Å². The summed E-state index contributed by atoms with van der Waals surface area (Å²) in [6.45, 7) is 1.52.